The van der Waals surface area contributed by atoms with Crippen molar-refractivity contribution in [3.05, 3.63) is 104 Å². The van der Waals surface area contributed by atoms with E-state index in [1.807, 2.05) is 0 Å². The summed E-state index contributed by atoms with van der Waals surface area (Å²) in [4.78, 5) is 4.12. The van der Waals surface area contributed by atoms with Crippen molar-refractivity contribution in [3.63, 3.8) is 0 Å². The van der Waals surface area contributed by atoms with Crippen LogP contribution in [0, 0.1) is 6.67 Å². The monoisotopic (exact) mass is 320 g/mol. The van der Waals surface area contributed by atoms with Gasteiger partial charge in [0.2, 0.25) is 6.67 Å². The maximum absolute atomic E-state index is 3.46. The van der Waals surface area contributed by atoms with E-state index in [2.05, 4.69) is 114 Å². The summed E-state index contributed by atoms with van der Waals surface area (Å²) in [6.45, 7) is 3.46. The molecule has 0 N–H and O–H groups in total. The van der Waals surface area contributed by atoms with Crippen LogP contribution in [-0.4, -0.2) is 0 Å². The molecule has 118 valence electrons. The third-order valence-corrected chi connectivity index (χ3v) is 4.63. The smallest absolute Gasteiger partial charge is 0.217 e. The molecular formula is C23H16N2. The summed E-state index contributed by atoms with van der Waals surface area (Å²) in [5.41, 5.74) is 2.27. The minimum absolute atomic E-state index is 1.14. The molecular weight excluding hydrogens is 304 g/mol. The van der Waals surface area contributed by atoms with Gasteiger partial charge in [-0.1, -0.05) is 72.8 Å². The maximum Gasteiger partial charge on any atom is 0.217 e. The van der Waals surface area contributed by atoms with Gasteiger partial charge in [-0.25, -0.2) is 0 Å². The molecule has 2 nitrogen and oxygen atoms in total. The van der Waals surface area contributed by atoms with E-state index in [1.165, 1.54) is 21.5 Å². The largest absolute Gasteiger partial charge is 0.314 e. The molecule has 0 bridgehead atoms. The van der Waals surface area contributed by atoms with Crippen LogP contribution in [0.25, 0.3) is 21.5 Å². The van der Waals surface area contributed by atoms with Gasteiger partial charge in [0.1, 0.15) is 0 Å². The topological polar surface area (TPSA) is 6.48 Å². The Morgan fingerprint density at radius 3 is 1.44 bits per heavy atom. The summed E-state index contributed by atoms with van der Waals surface area (Å²) >= 11 is 0. The molecule has 5 rings (SSSR count). The van der Waals surface area contributed by atoms with Crippen LogP contribution in [0.4, 0.5) is 11.4 Å². The van der Waals surface area contributed by atoms with Crippen molar-refractivity contribution in [2.75, 3.05) is 9.80 Å². The number of anilines is 2. The molecule has 0 amide bonds. The van der Waals surface area contributed by atoms with Crippen LogP contribution in [0.3, 0.4) is 0 Å². The minimum atomic E-state index is 1.14. The van der Waals surface area contributed by atoms with Gasteiger partial charge in [-0.05, 0) is 22.9 Å². The van der Waals surface area contributed by atoms with Crippen molar-refractivity contribution in [2.24, 2.45) is 0 Å². The molecule has 0 saturated carbocycles. The number of fused-ring (bicyclic) bond motifs is 2. The standard InChI is InChI=1S/C23H16N2/c1-3-11-20-18(7-1)9-5-13-22(20)24-15-16-25(17-24)23-14-6-10-19-8-2-4-12-21(19)23/h1-16H. The predicted octanol–water partition coefficient (Wildman–Crippen LogP) is 5.79. The molecule has 1 aliphatic heterocycles. The lowest BCUT2D eigenvalue weighted by Gasteiger charge is -2.21. The van der Waals surface area contributed by atoms with Crippen LogP contribution < -0.4 is 9.80 Å². The van der Waals surface area contributed by atoms with Gasteiger partial charge < -0.3 is 9.80 Å². The van der Waals surface area contributed by atoms with E-state index in [9.17, 15) is 0 Å². The highest BCUT2D eigenvalue weighted by molar-refractivity contribution is 5.97. The Bertz CT molecular complexity index is 999. The first-order chi connectivity index (χ1) is 12.4. The van der Waals surface area contributed by atoms with E-state index in [-0.39, 0.29) is 0 Å². The van der Waals surface area contributed by atoms with Crippen molar-refractivity contribution < 1.29 is 0 Å². The zero-order valence-electron chi connectivity index (χ0n) is 13.6. The Balaban J connectivity index is 1.53. The fourth-order valence-electron chi connectivity index (χ4n) is 3.42. The second-order valence-electron chi connectivity index (χ2n) is 6.13. The summed E-state index contributed by atoms with van der Waals surface area (Å²) in [5, 5.41) is 4.92. The van der Waals surface area contributed by atoms with Crippen LogP contribution in [0.1, 0.15) is 0 Å². The molecule has 25 heavy (non-hydrogen) atoms. The molecule has 0 unspecified atom stereocenters. The van der Waals surface area contributed by atoms with Gasteiger partial charge in [0.25, 0.3) is 0 Å². The number of nitrogens with zero attached hydrogens (tertiary/aromatic N) is 2. The normalized spacial score (nSPS) is 13.9. The maximum atomic E-state index is 3.46. The molecule has 2 heteroatoms. The third kappa shape index (κ3) is 2.34. The van der Waals surface area contributed by atoms with E-state index >= 15 is 0 Å². The van der Waals surface area contributed by atoms with Crippen molar-refractivity contribution in [1.29, 1.82) is 0 Å². The summed E-state index contributed by atoms with van der Waals surface area (Å²) in [7, 11) is 0. The molecule has 2 radical (unpaired) electrons. The Labute approximate surface area is 147 Å². The van der Waals surface area contributed by atoms with E-state index < -0.39 is 0 Å². The first-order valence-electron chi connectivity index (χ1n) is 8.39. The average molecular weight is 320 g/mol. The lowest BCUT2D eigenvalue weighted by molar-refractivity contribution is 1.12. The molecule has 4 aromatic carbocycles. The molecule has 1 heterocycles. The van der Waals surface area contributed by atoms with Gasteiger partial charge in [-0.15, -0.1) is 0 Å². The van der Waals surface area contributed by atoms with Crippen LogP contribution in [0.2, 0.25) is 0 Å². The van der Waals surface area contributed by atoms with E-state index in [0.717, 1.165) is 11.4 Å². The van der Waals surface area contributed by atoms with E-state index in [1.54, 1.807) is 0 Å². The summed E-state index contributed by atoms with van der Waals surface area (Å²) in [5.74, 6) is 0. The predicted molar refractivity (Wildman–Crippen MR) is 105 cm³/mol. The molecule has 1 aliphatic rings. The Morgan fingerprint density at radius 2 is 0.920 bits per heavy atom. The number of hydrogen-bond acceptors (Lipinski definition) is 2. The van der Waals surface area contributed by atoms with Gasteiger partial charge in [-0.2, -0.15) is 0 Å². The lowest BCUT2D eigenvalue weighted by Crippen LogP contribution is -2.18. The second-order valence-corrected chi connectivity index (χ2v) is 6.13. The highest BCUT2D eigenvalue weighted by Crippen LogP contribution is 2.34. The highest BCUT2D eigenvalue weighted by Gasteiger charge is 2.20. The number of rotatable bonds is 2. The van der Waals surface area contributed by atoms with Crippen molar-refractivity contribution in [2.45, 2.75) is 0 Å². The number of hydrogen-bond donors (Lipinski definition) is 0. The Hall–Kier alpha value is -3.26. The molecule has 0 atom stereocenters. The molecule has 0 aromatic heterocycles. The fraction of sp³-hybridized carbons (Fsp3) is 0. The first-order valence-corrected chi connectivity index (χ1v) is 8.39. The molecule has 4 aromatic rings. The van der Waals surface area contributed by atoms with Gasteiger partial charge in [0, 0.05) is 23.2 Å². The second kappa shape index (κ2) is 5.67. The zero-order chi connectivity index (χ0) is 16.6. The van der Waals surface area contributed by atoms with E-state index in [0.29, 0.717) is 0 Å². The number of benzene rings is 4. The SMILES string of the molecule is [C]1N(c2cccc3ccccc23)C=CN1c1cccc2ccccc12. The van der Waals surface area contributed by atoms with Gasteiger partial charge in [0.05, 0.1) is 11.4 Å². The van der Waals surface area contributed by atoms with Crippen molar-refractivity contribution in [3.8, 4) is 0 Å². The minimum Gasteiger partial charge on any atom is -0.314 e. The molecule has 0 fully saturated rings. The van der Waals surface area contributed by atoms with Gasteiger partial charge in [-0.3, -0.25) is 0 Å². The Morgan fingerprint density at radius 1 is 0.480 bits per heavy atom. The van der Waals surface area contributed by atoms with Gasteiger partial charge in [0.15, 0.2) is 0 Å². The van der Waals surface area contributed by atoms with Crippen LogP contribution in [0.5, 0.6) is 0 Å². The van der Waals surface area contributed by atoms with Crippen molar-refractivity contribution in [1.82, 2.24) is 0 Å². The molecule has 0 aliphatic carbocycles. The van der Waals surface area contributed by atoms with E-state index in [4.69, 9.17) is 0 Å². The summed E-state index contributed by atoms with van der Waals surface area (Å²) in [6.07, 6.45) is 4.12. The highest BCUT2D eigenvalue weighted by atomic mass is 15.3. The molecule has 0 saturated heterocycles. The van der Waals surface area contributed by atoms with Crippen molar-refractivity contribution >= 4 is 32.9 Å². The third-order valence-electron chi connectivity index (χ3n) is 4.63. The zero-order valence-corrected chi connectivity index (χ0v) is 13.6. The molecule has 0 spiro atoms. The van der Waals surface area contributed by atoms with Crippen LogP contribution in [0.15, 0.2) is 97.3 Å². The quantitative estimate of drug-likeness (QED) is 0.461. The Kier molecular flexibility index (Phi) is 3.20. The van der Waals surface area contributed by atoms with Crippen LogP contribution >= 0.6 is 0 Å². The summed E-state index contributed by atoms with van der Waals surface area (Å²) < 4.78 is 0. The lowest BCUT2D eigenvalue weighted by atomic mass is 10.1. The summed E-state index contributed by atoms with van der Waals surface area (Å²) in [6, 6.07) is 29.6. The van der Waals surface area contributed by atoms with Crippen LogP contribution in [-0.2, 0) is 0 Å². The first kappa shape index (κ1) is 14.1. The van der Waals surface area contributed by atoms with Gasteiger partial charge >= 0.3 is 0 Å². The average Bonchev–Trinajstić information content (AvgIpc) is 3.17. The fourth-order valence-corrected chi connectivity index (χ4v) is 3.42.